The maximum Gasteiger partial charge on any atom is 0.211 e. The molecule has 3 saturated heterocycles. The van der Waals surface area contributed by atoms with E-state index in [0.29, 0.717) is 18.4 Å². The van der Waals surface area contributed by atoms with Crippen molar-refractivity contribution in [3.63, 3.8) is 0 Å². The molecule has 5 nitrogen and oxygen atoms in total. The molecule has 1 aliphatic carbocycles. The van der Waals surface area contributed by atoms with Crippen molar-refractivity contribution < 1.29 is 8.42 Å². The summed E-state index contributed by atoms with van der Waals surface area (Å²) in [6, 6.07) is 0.821. The first kappa shape index (κ1) is 13.8. The molecule has 0 aromatic heterocycles. The highest BCUT2D eigenvalue weighted by Crippen LogP contribution is 2.27. The van der Waals surface area contributed by atoms with Crippen LogP contribution in [0.1, 0.15) is 32.1 Å². The van der Waals surface area contributed by atoms with E-state index in [1.54, 1.807) is 0 Å². The highest BCUT2D eigenvalue weighted by molar-refractivity contribution is 7.89. The van der Waals surface area contributed by atoms with E-state index < -0.39 is 10.0 Å². The summed E-state index contributed by atoms with van der Waals surface area (Å²) in [4.78, 5) is 2.38. The van der Waals surface area contributed by atoms with Gasteiger partial charge in [0.1, 0.15) is 0 Å². The van der Waals surface area contributed by atoms with Crippen LogP contribution in [0, 0.1) is 5.92 Å². The minimum atomic E-state index is -3.10. The van der Waals surface area contributed by atoms with E-state index >= 15 is 0 Å². The van der Waals surface area contributed by atoms with Gasteiger partial charge in [-0.05, 0) is 57.7 Å². The predicted molar refractivity (Wildman–Crippen MR) is 75.5 cm³/mol. The number of nitrogens with one attached hydrogen (secondary N) is 2. The van der Waals surface area contributed by atoms with Crippen LogP contribution in [0.5, 0.6) is 0 Å². The molecule has 3 heterocycles. The Morgan fingerprint density at radius 2 is 1.84 bits per heavy atom. The molecule has 4 aliphatic rings. The third-order valence-electron chi connectivity index (χ3n) is 4.59. The number of hydrogen-bond donors (Lipinski definition) is 2. The van der Waals surface area contributed by atoms with Gasteiger partial charge in [0.2, 0.25) is 10.0 Å². The van der Waals surface area contributed by atoms with Gasteiger partial charge in [0, 0.05) is 18.6 Å². The summed E-state index contributed by atoms with van der Waals surface area (Å²) in [5.41, 5.74) is 0. The van der Waals surface area contributed by atoms with Crippen molar-refractivity contribution >= 4 is 10.0 Å². The average molecular weight is 287 g/mol. The van der Waals surface area contributed by atoms with Crippen LogP contribution >= 0.6 is 0 Å². The Kier molecular flexibility index (Phi) is 4.12. The molecule has 0 radical (unpaired) electrons. The summed E-state index contributed by atoms with van der Waals surface area (Å²) in [6.07, 6.45) is 5.52. The molecule has 1 atom stereocenters. The van der Waals surface area contributed by atoms with Crippen LogP contribution in [0.25, 0.3) is 0 Å². The number of rotatable bonds is 7. The van der Waals surface area contributed by atoms with Crippen molar-refractivity contribution in [1.82, 2.24) is 14.9 Å². The Morgan fingerprint density at radius 1 is 1.11 bits per heavy atom. The van der Waals surface area contributed by atoms with Crippen LogP contribution in [0.4, 0.5) is 0 Å². The number of nitrogens with zero attached hydrogens (tertiary/aromatic N) is 1. The van der Waals surface area contributed by atoms with E-state index in [2.05, 4.69) is 14.9 Å². The van der Waals surface area contributed by atoms with Crippen molar-refractivity contribution in [2.45, 2.75) is 44.2 Å². The zero-order valence-corrected chi connectivity index (χ0v) is 12.3. The lowest BCUT2D eigenvalue weighted by Crippen LogP contribution is -2.57. The Hall–Kier alpha value is -0.170. The maximum atomic E-state index is 12.1. The van der Waals surface area contributed by atoms with Gasteiger partial charge in [0.05, 0.1) is 5.75 Å². The summed E-state index contributed by atoms with van der Waals surface area (Å²) in [5, 5.41) is 3.36. The van der Waals surface area contributed by atoms with Crippen LogP contribution in [0.2, 0.25) is 0 Å². The van der Waals surface area contributed by atoms with E-state index in [4.69, 9.17) is 0 Å². The minimum Gasteiger partial charge on any atom is -0.314 e. The van der Waals surface area contributed by atoms with E-state index in [-0.39, 0.29) is 11.8 Å². The smallest absolute Gasteiger partial charge is 0.211 e. The van der Waals surface area contributed by atoms with Gasteiger partial charge in [-0.3, -0.25) is 0 Å². The van der Waals surface area contributed by atoms with Crippen LogP contribution in [-0.2, 0) is 10.0 Å². The highest BCUT2D eigenvalue weighted by Gasteiger charge is 2.35. The number of sulfonamides is 1. The second kappa shape index (κ2) is 5.68. The number of piperidine rings is 3. The normalized spacial score (nSPS) is 34.6. The minimum absolute atomic E-state index is 0.156. The second-order valence-electron chi connectivity index (χ2n) is 6.26. The molecule has 110 valence electrons. The van der Waals surface area contributed by atoms with Crippen molar-refractivity contribution in [1.29, 1.82) is 0 Å². The highest BCUT2D eigenvalue weighted by atomic mass is 32.2. The fraction of sp³-hybridized carbons (Fsp3) is 1.00. The lowest BCUT2D eigenvalue weighted by atomic mass is 9.85. The summed E-state index contributed by atoms with van der Waals surface area (Å²) in [5.74, 6) is 0.819. The van der Waals surface area contributed by atoms with Crippen LogP contribution in [0.3, 0.4) is 0 Å². The lowest BCUT2D eigenvalue weighted by Gasteiger charge is -2.44. The molecule has 0 aromatic carbocycles. The molecule has 2 bridgehead atoms. The fourth-order valence-electron chi connectivity index (χ4n) is 3.24. The first-order valence-corrected chi connectivity index (χ1v) is 9.23. The van der Waals surface area contributed by atoms with Crippen molar-refractivity contribution in [2.24, 2.45) is 5.92 Å². The molecule has 2 N–H and O–H groups in total. The Morgan fingerprint density at radius 3 is 2.42 bits per heavy atom. The zero-order valence-electron chi connectivity index (χ0n) is 11.5. The third kappa shape index (κ3) is 3.90. The van der Waals surface area contributed by atoms with Gasteiger partial charge in [-0.1, -0.05) is 0 Å². The van der Waals surface area contributed by atoms with Gasteiger partial charge >= 0.3 is 0 Å². The molecule has 19 heavy (non-hydrogen) atoms. The Balaban J connectivity index is 1.42. The largest absolute Gasteiger partial charge is 0.314 e. The van der Waals surface area contributed by atoms with Crippen molar-refractivity contribution in [3.05, 3.63) is 0 Å². The van der Waals surface area contributed by atoms with E-state index in [0.717, 1.165) is 39.0 Å². The molecular formula is C13H25N3O2S. The van der Waals surface area contributed by atoms with E-state index in [1.807, 2.05) is 0 Å². The molecule has 0 amide bonds. The van der Waals surface area contributed by atoms with Gasteiger partial charge in [0.25, 0.3) is 0 Å². The van der Waals surface area contributed by atoms with Crippen molar-refractivity contribution in [2.75, 3.05) is 31.9 Å². The average Bonchev–Trinajstić information content (AvgIpc) is 3.20. The monoisotopic (exact) mass is 287 g/mol. The van der Waals surface area contributed by atoms with Gasteiger partial charge in [-0.25, -0.2) is 13.1 Å². The molecular weight excluding hydrogens is 262 g/mol. The number of hydrogen-bond acceptors (Lipinski definition) is 4. The molecule has 3 aliphatic heterocycles. The molecule has 4 fully saturated rings. The Bertz CT molecular complexity index is 400. The summed E-state index contributed by atoms with van der Waals surface area (Å²) >= 11 is 0. The van der Waals surface area contributed by atoms with E-state index in [9.17, 15) is 8.42 Å². The van der Waals surface area contributed by atoms with Crippen LogP contribution in [0.15, 0.2) is 0 Å². The van der Waals surface area contributed by atoms with E-state index in [1.165, 1.54) is 12.8 Å². The first-order valence-electron chi connectivity index (χ1n) is 7.58. The van der Waals surface area contributed by atoms with Crippen LogP contribution in [-0.4, -0.2) is 57.3 Å². The number of fused-ring (bicyclic) bond motifs is 3. The molecule has 6 heteroatoms. The summed E-state index contributed by atoms with van der Waals surface area (Å²) < 4.78 is 27.1. The third-order valence-corrected chi connectivity index (χ3v) is 6.08. The maximum absolute atomic E-state index is 12.1. The molecule has 0 aromatic rings. The van der Waals surface area contributed by atoms with Gasteiger partial charge in [-0.2, -0.15) is 0 Å². The summed E-state index contributed by atoms with van der Waals surface area (Å²) in [7, 11) is -3.10. The SMILES string of the molecule is O=S(=O)(CCCNC1CC1)NC1CN2CCC1CC2. The fourth-order valence-corrected chi connectivity index (χ4v) is 4.61. The van der Waals surface area contributed by atoms with Gasteiger partial charge < -0.3 is 10.2 Å². The molecule has 1 unspecified atom stereocenters. The second-order valence-corrected chi connectivity index (χ2v) is 8.14. The molecule has 4 rings (SSSR count). The van der Waals surface area contributed by atoms with Crippen LogP contribution < -0.4 is 10.0 Å². The van der Waals surface area contributed by atoms with Gasteiger partial charge in [-0.15, -0.1) is 0 Å². The standard InChI is InChI=1S/C13H25N3O2S/c17-19(18,9-1-6-14-12-2-3-12)15-13-10-16-7-4-11(13)5-8-16/h11-15H,1-10H2. The quantitative estimate of drug-likeness (QED) is 0.654. The van der Waals surface area contributed by atoms with Gasteiger partial charge in [0.15, 0.2) is 0 Å². The predicted octanol–water partition coefficient (Wildman–Crippen LogP) is 0.142. The summed E-state index contributed by atoms with van der Waals surface area (Å²) in [6.45, 7) is 4.03. The molecule has 1 saturated carbocycles. The molecule has 0 spiro atoms. The Labute approximate surface area is 116 Å². The zero-order chi connectivity index (χ0) is 13.3. The topological polar surface area (TPSA) is 61.4 Å². The first-order chi connectivity index (χ1) is 9.12. The lowest BCUT2D eigenvalue weighted by molar-refractivity contribution is 0.0827. The van der Waals surface area contributed by atoms with Crippen molar-refractivity contribution in [3.8, 4) is 0 Å².